The number of hydrogen-bond donors (Lipinski definition) is 4. The quantitative estimate of drug-likeness (QED) is 0.0505. The number of carbonyl (C=O) groups excluding carboxylic acids is 7. The summed E-state index contributed by atoms with van der Waals surface area (Å²) in [5.74, 6) is -1.79. The number of nitrogens with one attached hydrogen (secondary N) is 2. The Morgan fingerprint density at radius 3 is 2.36 bits per heavy atom. The van der Waals surface area contributed by atoms with Crippen LogP contribution in [0.25, 0.3) is 0 Å². The van der Waals surface area contributed by atoms with E-state index in [0.717, 1.165) is 44.2 Å². The molecule has 0 aliphatic carbocycles. The average molecular weight is 917 g/mol. The Bertz CT molecular complexity index is 1800. The first-order chi connectivity index (χ1) is 30.5. The van der Waals surface area contributed by atoms with E-state index >= 15 is 0 Å². The third-order valence-electron chi connectivity index (χ3n) is 11.5. The number of nitrogens with zero attached hydrogens (tertiary/aromatic N) is 3. The largest absolute Gasteiger partial charge is 0.506 e. The zero-order valence-electron chi connectivity index (χ0n) is 39.0. The summed E-state index contributed by atoms with van der Waals surface area (Å²) in [6, 6.07) is 4.14. The van der Waals surface area contributed by atoms with Gasteiger partial charge in [0.25, 0.3) is 5.91 Å². The summed E-state index contributed by atoms with van der Waals surface area (Å²) in [6.45, 7) is 14.1. The Balaban J connectivity index is 0.00000456. The molecular formula is C46H72N6O11S. The molecule has 6 atom stereocenters. The lowest BCUT2D eigenvalue weighted by Crippen LogP contribution is -2.48. The molecule has 1 aromatic carbocycles. The number of Topliss-reactive ketones (excluding diaryl/α,β-unsaturated/α-hetero) is 1. The van der Waals surface area contributed by atoms with Crippen LogP contribution in [0.3, 0.4) is 0 Å². The minimum absolute atomic E-state index is 0.00716. The van der Waals surface area contributed by atoms with Gasteiger partial charge in [0.15, 0.2) is 11.9 Å². The standard InChI is InChI=1S/C45H72N6O9S.CO2/c1-9-13-33(24-32-15-16-39(53)35(25-32)48-42(55)17-20-58-22-23-59-21-18-46)47-43(56)36-28-61-44(49-36)41(60-31(6)52)27-38(29(3)4)51(8)45(57)34(30(5)10-2)26-40(54)37-14-11-12-19-50(37)7;2-1-3/h15-16,25,28-30,33-34,37-38,41,53H,9-14,17-24,26-27,46H2,1-8H3,(H,47,56)(H,48,55);/t30-,33+,34-,37+,38+,41+;/m0./s1. The van der Waals surface area contributed by atoms with E-state index in [-0.39, 0.29) is 103 Å². The number of aromatic nitrogens is 1. The molecule has 1 saturated heterocycles. The van der Waals surface area contributed by atoms with Gasteiger partial charge in [-0.15, -0.1) is 11.3 Å². The van der Waals surface area contributed by atoms with Crippen molar-refractivity contribution in [1.82, 2.24) is 20.1 Å². The molecule has 2 heterocycles. The number of likely N-dealkylation sites (tertiary alicyclic amines) is 1. The third-order valence-corrected chi connectivity index (χ3v) is 12.5. The van der Waals surface area contributed by atoms with Gasteiger partial charge in [-0.2, -0.15) is 9.59 Å². The van der Waals surface area contributed by atoms with Crippen molar-refractivity contribution in [2.75, 3.05) is 58.9 Å². The summed E-state index contributed by atoms with van der Waals surface area (Å²) in [7, 11) is 3.75. The highest BCUT2D eigenvalue weighted by molar-refractivity contribution is 7.09. The Morgan fingerprint density at radius 1 is 1.06 bits per heavy atom. The molecule has 5 N–H and O–H groups in total. The molecule has 0 saturated carbocycles. The number of aromatic hydroxyl groups is 1. The molecule has 3 rings (SSSR count). The molecule has 64 heavy (non-hydrogen) atoms. The number of nitrogens with two attached hydrogens (primary N) is 1. The first-order valence-electron chi connectivity index (χ1n) is 22.4. The summed E-state index contributed by atoms with van der Waals surface area (Å²) < 4.78 is 16.5. The lowest BCUT2D eigenvalue weighted by Gasteiger charge is -2.37. The van der Waals surface area contributed by atoms with Gasteiger partial charge in [-0.05, 0) is 68.8 Å². The van der Waals surface area contributed by atoms with Gasteiger partial charge in [-0.1, -0.05) is 59.9 Å². The number of phenolic OH excluding ortho intramolecular Hbond substituents is 1. The Hall–Kier alpha value is -4.58. The molecular weight excluding hydrogens is 845 g/mol. The van der Waals surface area contributed by atoms with Crippen LogP contribution < -0.4 is 16.4 Å². The van der Waals surface area contributed by atoms with Gasteiger partial charge in [-0.25, -0.2) is 4.98 Å². The minimum Gasteiger partial charge on any atom is -0.506 e. The molecule has 1 fully saturated rings. The van der Waals surface area contributed by atoms with E-state index in [1.807, 2.05) is 41.7 Å². The minimum atomic E-state index is -0.815. The topological polar surface area (TPSA) is 237 Å². The van der Waals surface area contributed by atoms with Gasteiger partial charge in [0, 0.05) is 56.7 Å². The number of carbonyl (C=O) groups is 5. The highest BCUT2D eigenvalue weighted by Crippen LogP contribution is 2.33. The molecule has 358 valence electrons. The van der Waals surface area contributed by atoms with Gasteiger partial charge >= 0.3 is 12.1 Å². The van der Waals surface area contributed by atoms with Crippen molar-refractivity contribution in [1.29, 1.82) is 0 Å². The van der Waals surface area contributed by atoms with Crippen LogP contribution in [0.5, 0.6) is 5.75 Å². The van der Waals surface area contributed by atoms with Gasteiger partial charge in [0.2, 0.25) is 11.8 Å². The average Bonchev–Trinajstić information content (AvgIpc) is 3.75. The molecule has 0 unspecified atom stereocenters. The number of anilines is 1. The van der Waals surface area contributed by atoms with E-state index < -0.39 is 18.0 Å². The van der Waals surface area contributed by atoms with Crippen molar-refractivity contribution in [3.63, 3.8) is 0 Å². The van der Waals surface area contributed by atoms with Crippen LogP contribution in [-0.2, 0) is 49.4 Å². The zero-order chi connectivity index (χ0) is 47.8. The van der Waals surface area contributed by atoms with E-state index in [1.165, 1.54) is 24.3 Å². The summed E-state index contributed by atoms with van der Waals surface area (Å²) in [6.07, 6.45) is 5.48. The van der Waals surface area contributed by atoms with Crippen LogP contribution in [0, 0.1) is 17.8 Å². The number of thiazole rings is 1. The first kappa shape index (κ1) is 55.6. The molecule has 1 aliphatic heterocycles. The number of hydrogen-bond acceptors (Lipinski definition) is 15. The lowest BCUT2D eigenvalue weighted by atomic mass is 9.83. The van der Waals surface area contributed by atoms with Crippen molar-refractivity contribution < 1.29 is 52.9 Å². The maximum Gasteiger partial charge on any atom is 0.373 e. The molecule has 2 aromatic rings. The fraction of sp³-hybridized carbons (Fsp3) is 0.674. The Kier molecular flexibility index (Phi) is 25.9. The second kappa shape index (κ2) is 29.8. The molecule has 0 bridgehead atoms. The number of esters is 1. The molecule has 3 amide bonds. The molecule has 17 nitrogen and oxygen atoms in total. The summed E-state index contributed by atoms with van der Waals surface area (Å²) in [5.41, 5.74) is 6.64. The van der Waals surface area contributed by atoms with Crippen LogP contribution in [0.2, 0.25) is 0 Å². The van der Waals surface area contributed by atoms with Crippen LogP contribution in [0.1, 0.15) is 126 Å². The number of likely N-dealkylation sites (N-methyl/N-ethyl adjacent to an activating group) is 1. The normalized spacial score (nSPS) is 16.2. The number of piperidine rings is 1. The van der Waals surface area contributed by atoms with E-state index in [0.29, 0.717) is 44.2 Å². The number of rotatable bonds is 27. The number of benzene rings is 1. The van der Waals surface area contributed by atoms with E-state index in [9.17, 15) is 29.1 Å². The molecule has 1 aromatic heterocycles. The van der Waals surface area contributed by atoms with Crippen LogP contribution in [0.15, 0.2) is 23.6 Å². The molecule has 0 radical (unpaired) electrons. The zero-order valence-corrected chi connectivity index (χ0v) is 39.8. The van der Waals surface area contributed by atoms with Crippen LogP contribution >= 0.6 is 11.3 Å². The van der Waals surface area contributed by atoms with Gasteiger partial charge in [0.05, 0.1) is 44.6 Å². The lowest BCUT2D eigenvalue weighted by molar-refractivity contribution is -0.191. The predicted octanol–water partition coefficient (Wildman–Crippen LogP) is 5.31. The Labute approximate surface area is 382 Å². The van der Waals surface area contributed by atoms with Crippen molar-refractivity contribution >= 4 is 52.6 Å². The second-order valence-corrected chi connectivity index (χ2v) is 17.6. The molecule has 0 spiro atoms. The van der Waals surface area contributed by atoms with E-state index in [1.54, 1.807) is 29.5 Å². The molecule has 1 aliphatic rings. The maximum atomic E-state index is 14.3. The maximum absolute atomic E-state index is 14.3. The highest BCUT2D eigenvalue weighted by atomic mass is 32.1. The highest BCUT2D eigenvalue weighted by Gasteiger charge is 2.37. The van der Waals surface area contributed by atoms with Gasteiger partial charge in [-0.3, -0.25) is 28.9 Å². The number of ether oxygens (including phenoxy) is 3. The van der Waals surface area contributed by atoms with Gasteiger partial charge < -0.3 is 40.6 Å². The monoisotopic (exact) mass is 916 g/mol. The van der Waals surface area contributed by atoms with Crippen LogP contribution in [-0.4, -0.2) is 127 Å². The molecule has 18 heteroatoms. The third kappa shape index (κ3) is 18.9. The number of ketones is 1. The van der Waals surface area contributed by atoms with E-state index in [2.05, 4.69) is 20.5 Å². The summed E-state index contributed by atoms with van der Waals surface area (Å²) in [4.78, 5) is 91.4. The first-order valence-corrected chi connectivity index (χ1v) is 23.3. The van der Waals surface area contributed by atoms with Crippen molar-refractivity contribution in [2.24, 2.45) is 23.5 Å². The van der Waals surface area contributed by atoms with Crippen molar-refractivity contribution in [3.8, 4) is 5.75 Å². The van der Waals surface area contributed by atoms with Crippen molar-refractivity contribution in [2.45, 2.75) is 130 Å². The van der Waals surface area contributed by atoms with Crippen LogP contribution in [0.4, 0.5) is 5.69 Å². The van der Waals surface area contributed by atoms with Crippen molar-refractivity contribution in [3.05, 3.63) is 39.8 Å². The summed E-state index contributed by atoms with van der Waals surface area (Å²) >= 11 is 1.22. The van der Waals surface area contributed by atoms with E-state index in [4.69, 9.17) is 29.5 Å². The number of phenols is 1. The Morgan fingerprint density at radius 2 is 1.75 bits per heavy atom. The second-order valence-electron chi connectivity index (χ2n) is 16.7. The van der Waals surface area contributed by atoms with Gasteiger partial charge in [0.1, 0.15) is 16.5 Å². The SMILES string of the molecule is CCC[C@H](Cc1ccc(O)c(NC(=O)CCOCCOCCN)c1)NC(=O)c1csc([C@@H](C[C@H](C(C)C)N(C)C(=O)[C@@H](CC(=O)[C@H]2CCCCN2C)[C@@H](C)CC)OC(C)=O)n1.O=C=O. The fourth-order valence-electron chi connectivity index (χ4n) is 7.82. The predicted molar refractivity (Wildman–Crippen MR) is 242 cm³/mol. The fourth-order valence-corrected chi connectivity index (χ4v) is 8.66. The number of amides is 3. The summed E-state index contributed by atoms with van der Waals surface area (Å²) in [5, 5.41) is 18.4. The smallest absolute Gasteiger partial charge is 0.373 e.